The molecular formula is C18H17F3N2O3. The molecule has 1 aromatic carbocycles. The van der Waals surface area contributed by atoms with E-state index in [4.69, 9.17) is 9.47 Å². The highest BCUT2D eigenvalue weighted by atomic mass is 19.4. The van der Waals surface area contributed by atoms with Gasteiger partial charge < -0.3 is 14.2 Å². The van der Waals surface area contributed by atoms with Gasteiger partial charge in [-0.25, -0.2) is 4.98 Å². The van der Waals surface area contributed by atoms with Crippen LogP contribution in [0.4, 0.5) is 13.2 Å². The number of alkyl halides is 3. The molecule has 26 heavy (non-hydrogen) atoms. The second kappa shape index (κ2) is 7.12. The summed E-state index contributed by atoms with van der Waals surface area (Å²) in [5, 5.41) is 9.22. The van der Waals surface area contributed by atoms with Gasteiger partial charge in [0.2, 0.25) is 0 Å². The summed E-state index contributed by atoms with van der Waals surface area (Å²) in [6.45, 7) is 5.93. The van der Waals surface area contributed by atoms with Gasteiger partial charge in [0.15, 0.2) is 22.9 Å². The summed E-state index contributed by atoms with van der Waals surface area (Å²) in [6.07, 6.45) is -3.23. The van der Waals surface area contributed by atoms with Gasteiger partial charge in [-0.05, 0) is 29.2 Å². The number of nitriles is 1. The third kappa shape index (κ3) is 4.79. The van der Waals surface area contributed by atoms with Crippen molar-refractivity contribution in [1.82, 2.24) is 4.98 Å². The van der Waals surface area contributed by atoms with E-state index in [9.17, 15) is 18.4 Å². The number of benzene rings is 1. The molecule has 0 amide bonds. The molecule has 5 nitrogen and oxygen atoms in total. The summed E-state index contributed by atoms with van der Waals surface area (Å²) >= 11 is 0. The average molecular weight is 366 g/mol. The molecule has 0 aliphatic rings. The van der Waals surface area contributed by atoms with Crippen LogP contribution < -0.4 is 14.2 Å². The zero-order chi connectivity index (χ0) is 19.5. The number of ether oxygens (including phenoxy) is 3. The van der Waals surface area contributed by atoms with Gasteiger partial charge >= 0.3 is 6.36 Å². The Kier molecular flexibility index (Phi) is 5.30. The van der Waals surface area contributed by atoms with E-state index < -0.39 is 12.1 Å². The van der Waals surface area contributed by atoms with Crippen LogP contribution >= 0.6 is 0 Å². The van der Waals surface area contributed by atoms with Gasteiger partial charge in [-0.3, -0.25) is 0 Å². The van der Waals surface area contributed by atoms with Crippen LogP contribution in [0.2, 0.25) is 0 Å². The largest absolute Gasteiger partial charge is 0.573 e. The van der Waals surface area contributed by atoms with Gasteiger partial charge in [-0.2, -0.15) is 5.26 Å². The van der Waals surface area contributed by atoms with Gasteiger partial charge in [0, 0.05) is 12.3 Å². The Labute approximate surface area is 148 Å². The SMILES string of the molecule is COc1cc(OC(F)(F)F)ccc1Oc1cc(C(C)(C)C)cnc1C#N. The first-order chi connectivity index (χ1) is 12.0. The van der Waals surface area contributed by atoms with Crippen LogP contribution in [0.5, 0.6) is 23.0 Å². The van der Waals surface area contributed by atoms with Crippen molar-refractivity contribution in [2.45, 2.75) is 32.5 Å². The van der Waals surface area contributed by atoms with Crippen LogP contribution in [0.25, 0.3) is 0 Å². The Morgan fingerprint density at radius 2 is 1.73 bits per heavy atom. The minimum atomic E-state index is -4.81. The van der Waals surface area contributed by atoms with E-state index >= 15 is 0 Å². The Hall–Kier alpha value is -2.95. The van der Waals surface area contributed by atoms with Crippen LogP contribution in [-0.4, -0.2) is 18.5 Å². The average Bonchev–Trinajstić information content (AvgIpc) is 2.54. The zero-order valence-corrected chi connectivity index (χ0v) is 14.6. The summed E-state index contributed by atoms with van der Waals surface area (Å²) in [6, 6.07) is 7.01. The molecule has 0 spiro atoms. The highest BCUT2D eigenvalue weighted by molar-refractivity contribution is 5.50. The predicted molar refractivity (Wildman–Crippen MR) is 87.4 cm³/mol. The number of aromatic nitrogens is 1. The van der Waals surface area contributed by atoms with E-state index in [1.165, 1.54) is 13.2 Å². The lowest BCUT2D eigenvalue weighted by atomic mass is 9.88. The molecule has 1 heterocycles. The first kappa shape index (κ1) is 19.4. The molecule has 0 fully saturated rings. The number of hydrogen-bond donors (Lipinski definition) is 0. The summed E-state index contributed by atoms with van der Waals surface area (Å²) in [7, 11) is 1.29. The maximum atomic E-state index is 12.3. The third-order valence-electron chi connectivity index (χ3n) is 3.41. The Morgan fingerprint density at radius 3 is 2.27 bits per heavy atom. The number of halogens is 3. The monoisotopic (exact) mass is 366 g/mol. The summed E-state index contributed by atoms with van der Waals surface area (Å²) in [5.41, 5.74) is 0.659. The molecule has 8 heteroatoms. The van der Waals surface area contributed by atoms with Crippen molar-refractivity contribution in [1.29, 1.82) is 5.26 Å². The van der Waals surface area contributed by atoms with Gasteiger partial charge in [0.1, 0.15) is 11.8 Å². The quantitative estimate of drug-likeness (QED) is 0.766. The highest BCUT2D eigenvalue weighted by Gasteiger charge is 2.31. The van der Waals surface area contributed by atoms with Crippen molar-refractivity contribution >= 4 is 0 Å². The van der Waals surface area contributed by atoms with Crippen LogP contribution in [0.3, 0.4) is 0 Å². The van der Waals surface area contributed by atoms with Crippen molar-refractivity contribution in [3.8, 4) is 29.1 Å². The lowest BCUT2D eigenvalue weighted by molar-refractivity contribution is -0.274. The van der Waals surface area contributed by atoms with E-state index in [1.807, 2.05) is 26.8 Å². The maximum Gasteiger partial charge on any atom is 0.573 e. The minimum Gasteiger partial charge on any atom is -0.493 e. The molecule has 0 unspecified atom stereocenters. The van der Waals surface area contributed by atoms with Crippen molar-refractivity contribution in [2.75, 3.05) is 7.11 Å². The number of hydrogen-bond acceptors (Lipinski definition) is 5. The van der Waals surface area contributed by atoms with Crippen LogP contribution in [-0.2, 0) is 5.41 Å². The van der Waals surface area contributed by atoms with Gasteiger partial charge in [-0.1, -0.05) is 20.8 Å². The van der Waals surface area contributed by atoms with E-state index in [-0.39, 0.29) is 28.4 Å². The van der Waals surface area contributed by atoms with Gasteiger partial charge in [-0.15, -0.1) is 13.2 Å². The van der Waals surface area contributed by atoms with Gasteiger partial charge in [0.05, 0.1) is 7.11 Å². The van der Waals surface area contributed by atoms with Crippen LogP contribution in [0.1, 0.15) is 32.0 Å². The van der Waals surface area contributed by atoms with E-state index in [2.05, 4.69) is 9.72 Å². The standard InChI is InChI=1S/C18H17F3N2O3/c1-17(2,3)11-7-15(13(9-22)23-10-11)25-14-6-5-12(8-16(14)24-4)26-18(19,20)21/h5-8,10H,1-4H3. The molecule has 0 aliphatic carbocycles. The van der Waals surface area contributed by atoms with Gasteiger partial charge in [0.25, 0.3) is 0 Å². The number of nitrogens with zero attached hydrogens (tertiary/aromatic N) is 2. The fourth-order valence-electron chi connectivity index (χ4n) is 2.06. The van der Waals surface area contributed by atoms with Crippen molar-refractivity contribution in [3.05, 3.63) is 41.7 Å². The first-order valence-corrected chi connectivity index (χ1v) is 7.56. The summed E-state index contributed by atoms with van der Waals surface area (Å²) < 4.78 is 51.6. The third-order valence-corrected chi connectivity index (χ3v) is 3.41. The van der Waals surface area contributed by atoms with E-state index in [0.717, 1.165) is 17.7 Å². The van der Waals surface area contributed by atoms with Crippen molar-refractivity contribution in [3.63, 3.8) is 0 Å². The topological polar surface area (TPSA) is 64.4 Å². The molecule has 0 N–H and O–H groups in total. The molecule has 138 valence electrons. The van der Waals surface area contributed by atoms with Crippen molar-refractivity contribution < 1.29 is 27.4 Å². The molecule has 0 saturated heterocycles. The second-order valence-corrected chi connectivity index (χ2v) is 6.40. The van der Waals surface area contributed by atoms with Crippen LogP contribution in [0, 0.1) is 11.3 Å². The Morgan fingerprint density at radius 1 is 1.04 bits per heavy atom. The molecule has 0 aliphatic heterocycles. The van der Waals surface area contributed by atoms with Crippen LogP contribution in [0.15, 0.2) is 30.5 Å². The second-order valence-electron chi connectivity index (χ2n) is 6.40. The lowest BCUT2D eigenvalue weighted by Crippen LogP contribution is -2.17. The molecule has 1 aromatic heterocycles. The highest BCUT2D eigenvalue weighted by Crippen LogP contribution is 2.38. The fraction of sp³-hybridized carbons (Fsp3) is 0.333. The molecule has 0 radical (unpaired) electrons. The van der Waals surface area contributed by atoms with E-state index in [1.54, 1.807) is 12.3 Å². The minimum absolute atomic E-state index is 0.0248. The Bertz CT molecular complexity index is 837. The number of rotatable bonds is 4. The fourth-order valence-corrected chi connectivity index (χ4v) is 2.06. The molecule has 0 bridgehead atoms. The van der Waals surface area contributed by atoms with Crippen molar-refractivity contribution in [2.24, 2.45) is 0 Å². The summed E-state index contributed by atoms with van der Waals surface area (Å²) in [4.78, 5) is 4.08. The molecule has 0 saturated carbocycles. The normalized spacial score (nSPS) is 11.6. The lowest BCUT2D eigenvalue weighted by Gasteiger charge is -2.20. The Balaban J connectivity index is 2.40. The molecular weight excluding hydrogens is 349 g/mol. The predicted octanol–water partition coefficient (Wildman–Crippen LogP) is 4.95. The number of methoxy groups -OCH3 is 1. The molecule has 0 atom stereocenters. The smallest absolute Gasteiger partial charge is 0.493 e. The molecule has 2 rings (SSSR count). The molecule has 2 aromatic rings. The zero-order valence-electron chi connectivity index (χ0n) is 14.6. The van der Waals surface area contributed by atoms with E-state index in [0.29, 0.717) is 0 Å². The number of pyridine rings is 1. The maximum absolute atomic E-state index is 12.3. The first-order valence-electron chi connectivity index (χ1n) is 7.56. The summed E-state index contributed by atoms with van der Waals surface area (Å²) in [5.74, 6) is -0.102.